The number of hydrogen-bond donors (Lipinski definition) is 0. The van der Waals surface area contributed by atoms with Crippen molar-refractivity contribution in [3.05, 3.63) is 0 Å². The van der Waals surface area contributed by atoms with Crippen LogP contribution in [0.25, 0.3) is 0 Å². The lowest BCUT2D eigenvalue weighted by Gasteiger charge is -2.35. The zero-order valence-electron chi connectivity index (χ0n) is 16.8. The Morgan fingerprint density at radius 2 is 1.30 bits per heavy atom. The van der Waals surface area contributed by atoms with Crippen LogP contribution in [0.15, 0.2) is 0 Å². The van der Waals surface area contributed by atoms with Gasteiger partial charge < -0.3 is 4.43 Å². The molecule has 23 heavy (non-hydrogen) atoms. The zero-order valence-corrected chi connectivity index (χ0v) is 17.8. The molecule has 136 valence electrons. The van der Waals surface area contributed by atoms with E-state index in [0.29, 0.717) is 5.92 Å². The highest BCUT2D eigenvalue weighted by Gasteiger charge is 2.35. The predicted octanol–water partition coefficient (Wildman–Crippen LogP) is 7.18. The Hall–Kier alpha value is -0.263. The minimum Gasteiger partial charge on any atom is -0.403 e. The molecule has 2 heteroatoms. The Morgan fingerprint density at radius 3 is 1.65 bits per heavy atom. The van der Waals surface area contributed by atoms with Crippen molar-refractivity contribution in [2.75, 3.05) is 0 Å². The summed E-state index contributed by atoms with van der Waals surface area (Å²) in [6, 6.07) is 4.02. The van der Waals surface area contributed by atoms with Crippen molar-refractivity contribution in [2.24, 2.45) is 5.92 Å². The fraction of sp³-hybridized carbons (Fsp3) is 0.905. The van der Waals surface area contributed by atoms with Crippen LogP contribution in [-0.4, -0.2) is 14.4 Å². The van der Waals surface area contributed by atoms with Crippen LogP contribution in [0.1, 0.15) is 92.9 Å². The molecule has 0 aromatic heterocycles. The lowest BCUT2D eigenvalue weighted by molar-refractivity contribution is 0.210. The summed E-state index contributed by atoms with van der Waals surface area (Å²) >= 11 is 0. The monoisotopic (exact) mass is 338 g/mol. The van der Waals surface area contributed by atoms with E-state index in [9.17, 15) is 0 Å². The number of rotatable bonds is 13. The quantitative estimate of drug-likeness (QED) is 0.255. The molecular formula is C21H42OSi. The van der Waals surface area contributed by atoms with Gasteiger partial charge in [0.05, 0.1) is 0 Å². The minimum absolute atomic E-state index is 0.173. The molecule has 0 aliphatic carbocycles. The standard InChI is InChI=1S/C21H42OSi/c1-7-11-15-21(19-20(5)6)22-23(16-12-8-2,17-13-9-3)18-14-10-4/h20-21H,7-10,12-14,16-19H2,1-6H3. The predicted molar refractivity (Wildman–Crippen MR) is 107 cm³/mol. The normalized spacial score (nSPS) is 13.0. The summed E-state index contributed by atoms with van der Waals surface area (Å²) < 4.78 is 6.92. The van der Waals surface area contributed by atoms with E-state index in [1.165, 1.54) is 56.7 Å². The van der Waals surface area contributed by atoms with Crippen molar-refractivity contribution in [2.45, 2.75) is 117 Å². The first kappa shape index (κ1) is 22.7. The van der Waals surface area contributed by atoms with Crippen LogP contribution >= 0.6 is 0 Å². The maximum atomic E-state index is 6.92. The molecule has 0 aliphatic heterocycles. The summed E-state index contributed by atoms with van der Waals surface area (Å²) in [5.74, 6) is 7.39. The van der Waals surface area contributed by atoms with Crippen LogP contribution in [-0.2, 0) is 4.43 Å². The maximum absolute atomic E-state index is 6.92. The van der Waals surface area contributed by atoms with E-state index in [4.69, 9.17) is 4.43 Å². The van der Waals surface area contributed by atoms with E-state index in [0.717, 1.165) is 12.8 Å². The van der Waals surface area contributed by atoms with Gasteiger partial charge in [-0.25, -0.2) is 0 Å². The highest BCUT2D eigenvalue weighted by Crippen LogP contribution is 2.31. The molecule has 0 saturated heterocycles. The van der Waals surface area contributed by atoms with Gasteiger partial charge in [-0.2, -0.15) is 0 Å². The molecule has 1 nitrogen and oxygen atoms in total. The Balaban J connectivity index is 5.19. The van der Waals surface area contributed by atoms with Crippen molar-refractivity contribution in [3.63, 3.8) is 0 Å². The third-order valence-electron chi connectivity index (χ3n) is 4.48. The molecule has 0 fully saturated rings. The summed E-state index contributed by atoms with van der Waals surface area (Å²) in [6.45, 7) is 13.6. The van der Waals surface area contributed by atoms with Crippen molar-refractivity contribution in [3.8, 4) is 11.8 Å². The molecule has 0 aromatic carbocycles. The molecule has 1 atom stereocenters. The van der Waals surface area contributed by atoms with Gasteiger partial charge in [0, 0.05) is 6.42 Å². The van der Waals surface area contributed by atoms with E-state index in [1.807, 2.05) is 0 Å². The highest BCUT2D eigenvalue weighted by molar-refractivity contribution is 6.73. The van der Waals surface area contributed by atoms with Crippen LogP contribution in [0, 0.1) is 17.8 Å². The Kier molecular flexibility index (Phi) is 14.0. The maximum Gasteiger partial charge on any atom is 0.194 e. The summed E-state index contributed by atoms with van der Waals surface area (Å²) in [7, 11) is -1.64. The van der Waals surface area contributed by atoms with Crippen LogP contribution in [0.3, 0.4) is 0 Å². The average Bonchev–Trinajstić information content (AvgIpc) is 2.53. The smallest absolute Gasteiger partial charge is 0.194 e. The molecular weight excluding hydrogens is 296 g/mol. The third-order valence-corrected chi connectivity index (χ3v) is 9.05. The van der Waals surface area contributed by atoms with Crippen molar-refractivity contribution < 1.29 is 4.43 Å². The van der Waals surface area contributed by atoms with Gasteiger partial charge in [-0.05, 0) is 30.5 Å². The Morgan fingerprint density at radius 1 is 0.826 bits per heavy atom. The summed E-state index contributed by atoms with van der Waals surface area (Å²) in [6.07, 6.45) is 10.0. The van der Waals surface area contributed by atoms with Crippen molar-refractivity contribution in [1.29, 1.82) is 0 Å². The Labute approximate surface area is 148 Å². The molecule has 0 N–H and O–H groups in total. The van der Waals surface area contributed by atoms with Crippen LogP contribution < -0.4 is 0 Å². The van der Waals surface area contributed by atoms with Crippen molar-refractivity contribution >= 4 is 8.32 Å². The molecule has 0 aromatic rings. The summed E-state index contributed by atoms with van der Waals surface area (Å²) in [4.78, 5) is 0. The number of hydrogen-bond acceptors (Lipinski definition) is 1. The first-order valence-corrected chi connectivity index (χ1v) is 12.7. The minimum atomic E-state index is -1.64. The second-order valence-electron chi connectivity index (χ2n) is 7.40. The van der Waals surface area contributed by atoms with Gasteiger partial charge in [0.1, 0.15) is 6.10 Å². The highest BCUT2D eigenvalue weighted by atomic mass is 28.4. The average molecular weight is 339 g/mol. The molecule has 1 unspecified atom stereocenters. The second-order valence-corrected chi connectivity index (χ2v) is 11.5. The lowest BCUT2D eigenvalue weighted by atomic mass is 10.1. The van der Waals surface area contributed by atoms with Crippen LogP contribution in [0.5, 0.6) is 0 Å². The van der Waals surface area contributed by atoms with Gasteiger partial charge in [0.2, 0.25) is 0 Å². The van der Waals surface area contributed by atoms with E-state index in [1.54, 1.807) is 0 Å². The molecule has 0 heterocycles. The zero-order chi connectivity index (χ0) is 17.6. The molecule has 0 rings (SSSR count). The van der Waals surface area contributed by atoms with Gasteiger partial charge >= 0.3 is 0 Å². The third kappa shape index (κ3) is 11.0. The fourth-order valence-corrected chi connectivity index (χ4v) is 7.99. The second kappa shape index (κ2) is 14.1. The SMILES string of the molecule is CCC#CC(CC(C)C)O[Si](CCCC)(CCCC)CCCC. The van der Waals surface area contributed by atoms with Gasteiger partial charge in [0.25, 0.3) is 0 Å². The largest absolute Gasteiger partial charge is 0.403 e. The fourth-order valence-electron chi connectivity index (χ4n) is 3.13. The number of unbranched alkanes of at least 4 members (excludes halogenated alkanes) is 3. The van der Waals surface area contributed by atoms with Gasteiger partial charge in [-0.15, -0.1) is 5.92 Å². The first-order valence-electron chi connectivity index (χ1n) is 10.2. The Bertz CT molecular complexity index is 305. The molecule has 0 bridgehead atoms. The van der Waals surface area contributed by atoms with Crippen LogP contribution in [0.2, 0.25) is 18.1 Å². The van der Waals surface area contributed by atoms with Crippen LogP contribution in [0.4, 0.5) is 0 Å². The molecule has 0 radical (unpaired) electrons. The van der Waals surface area contributed by atoms with Gasteiger partial charge in [-0.1, -0.05) is 86.0 Å². The van der Waals surface area contributed by atoms with E-state index >= 15 is 0 Å². The molecule has 0 saturated carbocycles. The molecule has 0 aliphatic rings. The summed E-state index contributed by atoms with van der Waals surface area (Å²) in [5.41, 5.74) is 0. The van der Waals surface area contributed by atoms with Gasteiger partial charge in [-0.3, -0.25) is 0 Å². The first-order chi connectivity index (χ1) is 11.0. The van der Waals surface area contributed by atoms with E-state index < -0.39 is 8.32 Å². The van der Waals surface area contributed by atoms with Gasteiger partial charge in [0.15, 0.2) is 8.32 Å². The summed E-state index contributed by atoms with van der Waals surface area (Å²) in [5, 5.41) is 0. The lowest BCUT2D eigenvalue weighted by Crippen LogP contribution is -2.42. The van der Waals surface area contributed by atoms with E-state index in [-0.39, 0.29) is 6.10 Å². The topological polar surface area (TPSA) is 9.23 Å². The molecule has 0 amide bonds. The van der Waals surface area contributed by atoms with E-state index in [2.05, 4.69) is 53.4 Å². The molecule has 0 spiro atoms. The van der Waals surface area contributed by atoms with Crippen molar-refractivity contribution in [1.82, 2.24) is 0 Å².